The van der Waals surface area contributed by atoms with Crippen molar-refractivity contribution in [2.24, 2.45) is 0 Å². The topological polar surface area (TPSA) is 14.2 Å². The fourth-order valence-corrected chi connectivity index (χ4v) is 4.63. The molecule has 0 radical (unpaired) electrons. The summed E-state index contributed by atoms with van der Waals surface area (Å²) < 4.78 is 8.42. The second-order valence-corrected chi connectivity index (χ2v) is 9.26. The van der Waals surface area contributed by atoms with E-state index >= 15 is 0 Å². The molecule has 176 valence electrons. The first kappa shape index (κ1) is 23.9. The minimum absolute atomic E-state index is 0.271. The summed E-state index contributed by atoms with van der Waals surface area (Å²) in [6.45, 7) is 7.34. The van der Waals surface area contributed by atoms with Crippen molar-refractivity contribution in [2.75, 3.05) is 0 Å². The Morgan fingerprint density at radius 2 is 1.47 bits per heavy atom. The van der Waals surface area contributed by atoms with E-state index in [-0.39, 0.29) is 6.04 Å². The van der Waals surface area contributed by atoms with Crippen LogP contribution in [0.1, 0.15) is 68.0 Å². The van der Waals surface area contributed by atoms with Gasteiger partial charge < -0.3 is 9.30 Å². The second kappa shape index (κ2) is 11.7. The normalized spacial score (nSPS) is 12.0. The monoisotopic (exact) mass is 451 g/mol. The van der Waals surface area contributed by atoms with Gasteiger partial charge in [0.25, 0.3) is 0 Å². The summed E-state index contributed by atoms with van der Waals surface area (Å²) in [6.07, 6.45) is 6.43. The van der Waals surface area contributed by atoms with E-state index in [1.165, 1.54) is 65.7 Å². The molecule has 0 aliphatic heterocycles. The molecule has 0 saturated carbocycles. The molecule has 1 atom stereocenters. The van der Waals surface area contributed by atoms with Gasteiger partial charge in [0.05, 0.1) is 6.04 Å². The molecule has 0 aliphatic rings. The second-order valence-electron chi connectivity index (χ2n) is 9.26. The van der Waals surface area contributed by atoms with Crippen LogP contribution in [0.3, 0.4) is 0 Å². The van der Waals surface area contributed by atoms with E-state index in [1.807, 2.05) is 18.2 Å². The van der Waals surface area contributed by atoms with E-state index in [0.717, 1.165) is 5.75 Å². The van der Waals surface area contributed by atoms with Crippen molar-refractivity contribution in [2.45, 2.75) is 65.5 Å². The van der Waals surface area contributed by atoms with E-state index in [2.05, 4.69) is 98.1 Å². The van der Waals surface area contributed by atoms with E-state index < -0.39 is 0 Å². The molecule has 0 saturated heterocycles. The summed E-state index contributed by atoms with van der Waals surface area (Å²) in [5.74, 6) is 0.894. The van der Waals surface area contributed by atoms with Crippen molar-refractivity contribution in [3.63, 3.8) is 0 Å². The van der Waals surface area contributed by atoms with E-state index in [0.29, 0.717) is 6.61 Å². The standard InChI is InChI=1S/C32H37NO/c1-4-5-6-8-11-27-15-17-29(18-16-27)26(3)33-25(2)14-23-32(33)30-19-21-31(22-20-30)34-24-28-12-9-7-10-13-28/h7,9-10,12-23,26H,4-6,8,11,24H2,1-3H3. The quantitative estimate of drug-likeness (QED) is 0.208. The SMILES string of the molecule is CCCCCCc1ccc(C(C)n2c(C)ccc2-c2ccc(OCc3ccccc3)cc2)cc1. The first-order valence-electron chi connectivity index (χ1n) is 12.7. The first-order valence-corrected chi connectivity index (χ1v) is 12.7. The minimum Gasteiger partial charge on any atom is -0.489 e. The Morgan fingerprint density at radius 3 is 2.18 bits per heavy atom. The molecule has 0 bridgehead atoms. The van der Waals surface area contributed by atoms with Crippen molar-refractivity contribution >= 4 is 0 Å². The number of hydrogen-bond acceptors (Lipinski definition) is 1. The zero-order valence-electron chi connectivity index (χ0n) is 20.8. The van der Waals surface area contributed by atoms with Crippen LogP contribution in [0.4, 0.5) is 0 Å². The summed E-state index contributed by atoms with van der Waals surface area (Å²) in [7, 11) is 0. The van der Waals surface area contributed by atoms with Crippen LogP contribution >= 0.6 is 0 Å². The van der Waals surface area contributed by atoms with Crippen molar-refractivity contribution in [1.82, 2.24) is 4.57 Å². The fourth-order valence-electron chi connectivity index (χ4n) is 4.63. The summed E-state index contributed by atoms with van der Waals surface area (Å²) in [5.41, 5.74) is 7.69. The number of benzene rings is 3. The van der Waals surface area contributed by atoms with E-state index in [1.54, 1.807) is 0 Å². The Bertz CT molecular complexity index is 1140. The van der Waals surface area contributed by atoms with Crippen molar-refractivity contribution < 1.29 is 4.74 Å². The van der Waals surface area contributed by atoms with Gasteiger partial charge in [0.2, 0.25) is 0 Å². The Morgan fingerprint density at radius 1 is 0.735 bits per heavy atom. The molecule has 0 fully saturated rings. The maximum Gasteiger partial charge on any atom is 0.119 e. The van der Waals surface area contributed by atoms with Gasteiger partial charge >= 0.3 is 0 Å². The predicted molar refractivity (Wildman–Crippen MR) is 143 cm³/mol. The van der Waals surface area contributed by atoms with Crippen molar-refractivity contribution in [3.05, 3.63) is 113 Å². The zero-order valence-corrected chi connectivity index (χ0v) is 20.8. The molecule has 2 nitrogen and oxygen atoms in total. The van der Waals surface area contributed by atoms with Gasteiger partial charge in [-0.2, -0.15) is 0 Å². The van der Waals surface area contributed by atoms with Crippen molar-refractivity contribution in [3.8, 4) is 17.0 Å². The molecule has 1 aromatic heterocycles. The van der Waals surface area contributed by atoms with Gasteiger partial charge in [-0.1, -0.05) is 80.8 Å². The van der Waals surface area contributed by atoms with Gasteiger partial charge in [0, 0.05) is 11.4 Å². The molecule has 34 heavy (non-hydrogen) atoms. The summed E-state index contributed by atoms with van der Waals surface area (Å²) in [5, 5.41) is 0. The third-order valence-electron chi connectivity index (χ3n) is 6.69. The Kier molecular flexibility index (Phi) is 8.25. The third-order valence-corrected chi connectivity index (χ3v) is 6.69. The molecular weight excluding hydrogens is 414 g/mol. The van der Waals surface area contributed by atoms with Gasteiger partial charge in [-0.15, -0.1) is 0 Å². The molecule has 1 unspecified atom stereocenters. The summed E-state index contributed by atoms with van der Waals surface area (Å²) in [4.78, 5) is 0. The molecule has 2 heteroatoms. The molecular formula is C32H37NO. The number of nitrogens with zero attached hydrogens (tertiary/aromatic N) is 1. The van der Waals surface area contributed by atoms with Crippen LogP contribution in [0.15, 0.2) is 91.0 Å². The lowest BCUT2D eigenvalue weighted by Gasteiger charge is -2.21. The van der Waals surface area contributed by atoms with Crippen LogP contribution < -0.4 is 4.74 Å². The molecule has 0 spiro atoms. The Hall–Kier alpha value is -3.26. The maximum atomic E-state index is 5.98. The highest BCUT2D eigenvalue weighted by atomic mass is 16.5. The van der Waals surface area contributed by atoms with Crippen LogP contribution in [0.25, 0.3) is 11.3 Å². The van der Waals surface area contributed by atoms with Crippen LogP contribution in [0.2, 0.25) is 0 Å². The predicted octanol–water partition coefficient (Wildman–Crippen LogP) is 8.77. The molecule has 3 aromatic carbocycles. The lowest BCUT2D eigenvalue weighted by molar-refractivity contribution is 0.306. The number of hydrogen-bond donors (Lipinski definition) is 0. The Labute approximate surface area is 205 Å². The van der Waals surface area contributed by atoms with Gasteiger partial charge in [0.1, 0.15) is 12.4 Å². The Balaban J connectivity index is 1.45. The highest BCUT2D eigenvalue weighted by Gasteiger charge is 2.15. The first-order chi connectivity index (χ1) is 16.7. The number of aryl methyl sites for hydroxylation is 2. The molecule has 0 amide bonds. The largest absolute Gasteiger partial charge is 0.489 e. The molecule has 0 aliphatic carbocycles. The van der Waals surface area contributed by atoms with Gasteiger partial charge in [-0.3, -0.25) is 0 Å². The van der Waals surface area contributed by atoms with Gasteiger partial charge in [-0.25, -0.2) is 0 Å². The molecule has 1 heterocycles. The highest BCUT2D eigenvalue weighted by molar-refractivity contribution is 5.62. The number of aromatic nitrogens is 1. The molecule has 4 aromatic rings. The molecule has 4 rings (SSSR count). The average molecular weight is 452 g/mol. The van der Waals surface area contributed by atoms with Crippen LogP contribution in [0.5, 0.6) is 5.75 Å². The third kappa shape index (κ3) is 5.99. The lowest BCUT2D eigenvalue weighted by atomic mass is 10.0. The minimum atomic E-state index is 0.271. The van der Waals surface area contributed by atoms with Crippen molar-refractivity contribution in [1.29, 1.82) is 0 Å². The van der Waals surface area contributed by atoms with Crippen LogP contribution in [0, 0.1) is 6.92 Å². The summed E-state index contributed by atoms with van der Waals surface area (Å²) in [6, 6.07) is 32.7. The maximum absolute atomic E-state index is 5.98. The van der Waals surface area contributed by atoms with Crippen LogP contribution in [-0.2, 0) is 13.0 Å². The molecule has 0 N–H and O–H groups in total. The number of ether oxygens (including phenoxy) is 1. The van der Waals surface area contributed by atoms with Crippen LogP contribution in [-0.4, -0.2) is 4.57 Å². The van der Waals surface area contributed by atoms with Gasteiger partial charge in [0.15, 0.2) is 0 Å². The van der Waals surface area contributed by atoms with E-state index in [9.17, 15) is 0 Å². The number of rotatable bonds is 11. The smallest absolute Gasteiger partial charge is 0.119 e. The average Bonchev–Trinajstić information content (AvgIpc) is 3.27. The zero-order chi connectivity index (χ0) is 23.8. The van der Waals surface area contributed by atoms with Gasteiger partial charge in [-0.05, 0) is 85.3 Å². The number of unbranched alkanes of at least 4 members (excludes halogenated alkanes) is 3. The highest BCUT2D eigenvalue weighted by Crippen LogP contribution is 2.31. The fraction of sp³-hybridized carbons (Fsp3) is 0.312. The lowest BCUT2D eigenvalue weighted by Crippen LogP contribution is -2.10. The van der Waals surface area contributed by atoms with E-state index in [4.69, 9.17) is 4.74 Å². The summed E-state index contributed by atoms with van der Waals surface area (Å²) >= 11 is 0.